The third-order valence-electron chi connectivity index (χ3n) is 2.71. The molecule has 0 amide bonds. The van der Waals surface area contributed by atoms with Crippen molar-refractivity contribution in [2.75, 3.05) is 6.61 Å². The van der Waals surface area contributed by atoms with E-state index in [9.17, 15) is 9.18 Å². The van der Waals surface area contributed by atoms with E-state index in [1.807, 2.05) is 13.0 Å². The summed E-state index contributed by atoms with van der Waals surface area (Å²) in [6.07, 6.45) is 1.24. The van der Waals surface area contributed by atoms with Gasteiger partial charge in [0.2, 0.25) is 0 Å². The molecule has 0 aliphatic carbocycles. The predicted octanol–water partition coefficient (Wildman–Crippen LogP) is 2.65. The van der Waals surface area contributed by atoms with E-state index in [4.69, 9.17) is 4.74 Å². The number of carbonyl (C=O) groups excluding carboxylic acids is 1. The minimum Gasteiger partial charge on any atom is -0.464 e. The second kappa shape index (κ2) is 7.82. The number of hydrogen-bond acceptors (Lipinski definition) is 3. The van der Waals surface area contributed by atoms with Crippen molar-refractivity contribution >= 4 is 5.97 Å². The van der Waals surface area contributed by atoms with Crippen molar-refractivity contribution in [2.24, 2.45) is 0 Å². The zero-order chi connectivity index (χ0) is 13.4. The van der Waals surface area contributed by atoms with Gasteiger partial charge < -0.3 is 10.1 Å². The Labute approximate surface area is 107 Å². The Hall–Kier alpha value is -1.42. The van der Waals surface area contributed by atoms with Crippen LogP contribution in [0.4, 0.5) is 4.39 Å². The third kappa shape index (κ3) is 5.27. The third-order valence-corrected chi connectivity index (χ3v) is 2.71. The van der Waals surface area contributed by atoms with Gasteiger partial charge in [0.15, 0.2) is 0 Å². The highest BCUT2D eigenvalue weighted by atomic mass is 19.1. The van der Waals surface area contributed by atoms with E-state index < -0.39 is 0 Å². The summed E-state index contributed by atoms with van der Waals surface area (Å²) in [7, 11) is 0. The van der Waals surface area contributed by atoms with Crippen molar-refractivity contribution in [1.29, 1.82) is 0 Å². The Morgan fingerprint density at radius 2 is 2.22 bits per heavy atom. The molecule has 100 valence electrons. The molecule has 0 bridgehead atoms. The largest absolute Gasteiger partial charge is 0.464 e. The summed E-state index contributed by atoms with van der Waals surface area (Å²) in [5.41, 5.74) is 0.885. The number of hydrogen-bond donors (Lipinski definition) is 1. The van der Waals surface area contributed by atoms with E-state index in [2.05, 4.69) is 5.32 Å². The first-order valence-corrected chi connectivity index (χ1v) is 6.29. The maximum atomic E-state index is 13.0. The van der Waals surface area contributed by atoms with Gasteiger partial charge in [-0.2, -0.15) is 0 Å². The molecule has 18 heavy (non-hydrogen) atoms. The highest BCUT2D eigenvalue weighted by molar-refractivity contribution is 5.68. The van der Waals surface area contributed by atoms with Crippen LogP contribution < -0.4 is 5.32 Å². The molecule has 0 aliphatic heterocycles. The number of ether oxygens (including phenoxy) is 1. The van der Waals surface area contributed by atoms with Gasteiger partial charge in [-0.3, -0.25) is 4.79 Å². The van der Waals surface area contributed by atoms with E-state index in [1.165, 1.54) is 12.1 Å². The summed E-state index contributed by atoms with van der Waals surface area (Å²) in [5, 5.41) is 3.25. The molecule has 0 radical (unpaired) electrons. The fourth-order valence-corrected chi connectivity index (χ4v) is 1.53. The van der Waals surface area contributed by atoms with Crippen LogP contribution >= 0.6 is 0 Å². The first-order chi connectivity index (χ1) is 8.65. The molecule has 1 rings (SSSR count). The second-order valence-electron chi connectivity index (χ2n) is 4.15. The summed E-state index contributed by atoms with van der Waals surface area (Å²) in [4.78, 5) is 11.1. The van der Waals surface area contributed by atoms with Crippen molar-refractivity contribution in [3.05, 3.63) is 35.6 Å². The van der Waals surface area contributed by atoms with E-state index >= 15 is 0 Å². The van der Waals surface area contributed by atoms with E-state index in [0.29, 0.717) is 19.6 Å². The molecule has 1 aromatic rings. The number of rotatable bonds is 7. The first-order valence-electron chi connectivity index (χ1n) is 6.29. The molecular weight excluding hydrogens is 233 g/mol. The van der Waals surface area contributed by atoms with Crippen molar-refractivity contribution < 1.29 is 13.9 Å². The monoisotopic (exact) mass is 253 g/mol. The number of halogens is 1. The molecule has 0 aromatic heterocycles. The number of carbonyl (C=O) groups is 1. The maximum Gasteiger partial charge on any atom is 0.305 e. The quantitative estimate of drug-likeness (QED) is 0.759. The molecule has 0 saturated heterocycles. The summed E-state index contributed by atoms with van der Waals surface area (Å²) in [6.45, 7) is 4.71. The van der Waals surface area contributed by atoms with Crippen LogP contribution in [0.25, 0.3) is 0 Å². The molecule has 1 N–H and O–H groups in total. The zero-order valence-corrected chi connectivity index (χ0v) is 10.9. The Bertz CT molecular complexity index is 382. The normalized spacial score (nSPS) is 12.2. The number of nitrogens with one attached hydrogen (secondary N) is 1. The molecule has 1 unspecified atom stereocenters. The van der Waals surface area contributed by atoms with Crippen LogP contribution in [-0.4, -0.2) is 18.6 Å². The van der Waals surface area contributed by atoms with E-state index in [0.717, 1.165) is 12.0 Å². The van der Waals surface area contributed by atoms with Gasteiger partial charge in [0, 0.05) is 19.0 Å². The predicted molar refractivity (Wildman–Crippen MR) is 68.6 cm³/mol. The van der Waals surface area contributed by atoms with Gasteiger partial charge in [-0.05, 0) is 24.1 Å². The van der Waals surface area contributed by atoms with Crippen LogP contribution in [0.1, 0.15) is 32.3 Å². The van der Waals surface area contributed by atoms with E-state index in [1.54, 1.807) is 13.0 Å². The Morgan fingerprint density at radius 1 is 1.44 bits per heavy atom. The lowest BCUT2D eigenvalue weighted by Gasteiger charge is -2.16. The minimum atomic E-state index is -0.236. The van der Waals surface area contributed by atoms with Gasteiger partial charge in [0.25, 0.3) is 0 Å². The van der Waals surface area contributed by atoms with Crippen LogP contribution in [-0.2, 0) is 16.1 Å². The van der Waals surface area contributed by atoms with Crippen LogP contribution in [0.5, 0.6) is 0 Å². The first kappa shape index (κ1) is 14.6. The van der Waals surface area contributed by atoms with Crippen molar-refractivity contribution in [1.82, 2.24) is 5.32 Å². The van der Waals surface area contributed by atoms with Gasteiger partial charge in [-0.25, -0.2) is 4.39 Å². The van der Waals surface area contributed by atoms with Gasteiger partial charge in [-0.15, -0.1) is 0 Å². The fraction of sp³-hybridized carbons (Fsp3) is 0.500. The molecule has 0 fully saturated rings. The molecule has 3 nitrogen and oxygen atoms in total. The van der Waals surface area contributed by atoms with Gasteiger partial charge in [0.1, 0.15) is 12.4 Å². The van der Waals surface area contributed by atoms with Crippen LogP contribution in [0.15, 0.2) is 24.3 Å². The lowest BCUT2D eigenvalue weighted by Crippen LogP contribution is -2.33. The Balaban J connectivity index is 2.37. The highest BCUT2D eigenvalue weighted by Crippen LogP contribution is 2.04. The van der Waals surface area contributed by atoms with Gasteiger partial charge in [0.05, 0.1) is 0 Å². The molecule has 0 aliphatic rings. The molecule has 4 heteroatoms. The second-order valence-corrected chi connectivity index (χ2v) is 4.15. The van der Waals surface area contributed by atoms with Gasteiger partial charge in [-0.1, -0.05) is 26.0 Å². The van der Waals surface area contributed by atoms with E-state index in [-0.39, 0.29) is 17.8 Å². The molecule has 0 saturated carbocycles. The SMILES string of the molecule is CCC(=O)OCC(CC)NCc1cccc(F)c1. The standard InChI is InChI=1S/C14H20FNO2/c1-3-13(10-18-14(17)4-2)16-9-11-6-5-7-12(15)8-11/h5-8,13,16H,3-4,9-10H2,1-2H3. The number of benzene rings is 1. The fourth-order valence-electron chi connectivity index (χ4n) is 1.53. The average molecular weight is 253 g/mol. The Kier molecular flexibility index (Phi) is 6.36. The summed E-state index contributed by atoms with van der Waals surface area (Å²) in [6, 6.07) is 6.57. The maximum absolute atomic E-state index is 13.0. The smallest absolute Gasteiger partial charge is 0.305 e. The Morgan fingerprint density at radius 3 is 2.83 bits per heavy atom. The van der Waals surface area contributed by atoms with Crippen LogP contribution in [0, 0.1) is 5.82 Å². The molecule has 1 atom stereocenters. The number of esters is 1. The summed E-state index contributed by atoms with van der Waals surface area (Å²) in [5.74, 6) is -0.430. The molecule has 0 heterocycles. The minimum absolute atomic E-state index is 0.101. The highest BCUT2D eigenvalue weighted by Gasteiger charge is 2.08. The molecular formula is C14H20FNO2. The summed E-state index contributed by atoms with van der Waals surface area (Å²) < 4.78 is 18.1. The van der Waals surface area contributed by atoms with Crippen LogP contribution in [0.3, 0.4) is 0 Å². The van der Waals surface area contributed by atoms with Gasteiger partial charge >= 0.3 is 5.97 Å². The van der Waals surface area contributed by atoms with Crippen molar-refractivity contribution in [3.63, 3.8) is 0 Å². The van der Waals surface area contributed by atoms with Crippen LogP contribution in [0.2, 0.25) is 0 Å². The average Bonchev–Trinajstić information content (AvgIpc) is 2.38. The van der Waals surface area contributed by atoms with Crippen molar-refractivity contribution in [2.45, 2.75) is 39.3 Å². The zero-order valence-electron chi connectivity index (χ0n) is 10.9. The lowest BCUT2D eigenvalue weighted by molar-refractivity contribution is -0.144. The summed E-state index contributed by atoms with van der Waals surface area (Å²) >= 11 is 0. The molecule has 0 spiro atoms. The lowest BCUT2D eigenvalue weighted by atomic mass is 10.2. The molecule has 1 aromatic carbocycles. The topological polar surface area (TPSA) is 38.3 Å². The van der Waals surface area contributed by atoms with Crippen molar-refractivity contribution in [3.8, 4) is 0 Å².